The normalized spacial score (nSPS) is 12.7. The lowest BCUT2D eigenvalue weighted by molar-refractivity contribution is 0.237. The predicted molar refractivity (Wildman–Crippen MR) is 83.6 cm³/mol. The Kier molecular flexibility index (Phi) is 7.18. The first-order valence-electron chi connectivity index (χ1n) is 6.90. The molecule has 0 heterocycles. The highest BCUT2D eigenvalue weighted by Gasteiger charge is 2.07. The van der Waals surface area contributed by atoms with E-state index < -0.39 is 10.0 Å². The van der Waals surface area contributed by atoms with Crippen molar-refractivity contribution in [2.45, 2.75) is 25.8 Å². The molecule has 0 aromatic heterocycles. The molecular weight excluding hydrogens is 290 g/mol. The van der Waals surface area contributed by atoms with Gasteiger partial charge in [0, 0.05) is 19.1 Å². The van der Waals surface area contributed by atoms with Crippen LogP contribution in [0, 0.1) is 0 Å². The molecule has 0 aliphatic rings. The number of hydrogen-bond acceptors (Lipinski definition) is 3. The number of urea groups is 1. The van der Waals surface area contributed by atoms with Crippen molar-refractivity contribution in [3.63, 3.8) is 0 Å². The quantitative estimate of drug-likeness (QED) is 0.622. The molecule has 1 aromatic carbocycles. The van der Waals surface area contributed by atoms with E-state index in [4.69, 9.17) is 0 Å². The predicted octanol–water partition coefficient (Wildman–Crippen LogP) is 0.856. The number of sulfonamides is 1. The molecule has 118 valence electrons. The van der Waals surface area contributed by atoms with Gasteiger partial charge in [-0.25, -0.2) is 17.9 Å². The number of aryl methyl sites for hydroxylation is 1. The van der Waals surface area contributed by atoms with Crippen LogP contribution in [-0.4, -0.2) is 39.8 Å². The Morgan fingerprint density at radius 1 is 1.19 bits per heavy atom. The molecule has 0 unspecified atom stereocenters. The number of hydrogen-bond donors (Lipinski definition) is 3. The molecule has 6 nitrogen and oxygen atoms in total. The standard InChI is InChI=1S/C14H23N3O3S/c1-12(8-9-13-6-4-3-5-7-13)17-14(18)15-10-11-16-21(2,19)20/h3-7,12,16H,8-11H2,1-2H3,(H2,15,17,18)/t12-/m0/s1. The average Bonchev–Trinajstić information content (AvgIpc) is 2.41. The fraction of sp³-hybridized carbons (Fsp3) is 0.500. The topological polar surface area (TPSA) is 87.3 Å². The molecule has 0 spiro atoms. The molecular formula is C14H23N3O3S. The summed E-state index contributed by atoms with van der Waals surface area (Å²) in [6, 6.07) is 9.85. The molecule has 21 heavy (non-hydrogen) atoms. The maximum absolute atomic E-state index is 11.6. The van der Waals surface area contributed by atoms with Crippen molar-refractivity contribution in [2.75, 3.05) is 19.3 Å². The number of carbonyl (C=O) groups excluding carboxylic acids is 1. The van der Waals surface area contributed by atoms with Crippen LogP contribution in [0.3, 0.4) is 0 Å². The number of benzene rings is 1. The van der Waals surface area contributed by atoms with Gasteiger partial charge in [0.25, 0.3) is 0 Å². The summed E-state index contributed by atoms with van der Waals surface area (Å²) in [6.07, 6.45) is 2.83. The van der Waals surface area contributed by atoms with Crippen molar-refractivity contribution in [3.05, 3.63) is 35.9 Å². The molecule has 0 saturated carbocycles. The largest absolute Gasteiger partial charge is 0.337 e. The Morgan fingerprint density at radius 3 is 2.48 bits per heavy atom. The molecule has 1 atom stereocenters. The third-order valence-corrected chi connectivity index (χ3v) is 3.59. The van der Waals surface area contributed by atoms with Crippen LogP contribution in [-0.2, 0) is 16.4 Å². The van der Waals surface area contributed by atoms with Gasteiger partial charge in [0.2, 0.25) is 10.0 Å². The summed E-state index contributed by atoms with van der Waals surface area (Å²) in [4.78, 5) is 11.6. The summed E-state index contributed by atoms with van der Waals surface area (Å²) in [5.74, 6) is 0. The molecule has 0 aliphatic carbocycles. The Hall–Kier alpha value is -1.60. The van der Waals surface area contributed by atoms with E-state index in [1.807, 2.05) is 25.1 Å². The van der Waals surface area contributed by atoms with E-state index >= 15 is 0 Å². The van der Waals surface area contributed by atoms with Crippen molar-refractivity contribution in [2.24, 2.45) is 0 Å². The van der Waals surface area contributed by atoms with Gasteiger partial charge in [0.1, 0.15) is 0 Å². The van der Waals surface area contributed by atoms with Crippen LogP contribution in [0.15, 0.2) is 30.3 Å². The van der Waals surface area contributed by atoms with Gasteiger partial charge in [-0.05, 0) is 25.3 Å². The van der Waals surface area contributed by atoms with Crippen molar-refractivity contribution in [3.8, 4) is 0 Å². The van der Waals surface area contributed by atoms with Crippen LogP contribution in [0.5, 0.6) is 0 Å². The lowest BCUT2D eigenvalue weighted by Crippen LogP contribution is -2.43. The first-order valence-corrected chi connectivity index (χ1v) is 8.79. The molecule has 2 amide bonds. The van der Waals surface area contributed by atoms with E-state index in [-0.39, 0.29) is 25.2 Å². The summed E-state index contributed by atoms with van der Waals surface area (Å²) >= 11 is 0. The van der Waals surface area contributed by atoms with E-state index in [9.17, 15) is 13.2 Å². The van der Waals surface area contributed by atoms with Gasteiger partial charge in [-0.15, -0.1) is 0 Å². The van der Waals surface area contributed by atoms with Gasteiger partial charge in [-0.3, -0.25) is 0 Å². The summed E-state index contributed by atoms with van der Waals surface area (Å²) < 4.78 is 24.0. The van der Waals surface area contributed by atoms with Crippen LogP contribution in [0.4, 0.5) is 4.79 Å². The molecule has 0 aliphatic heterocycles. The molecule has 0 saturated heterocycles. The highest BCUT2D eigenvalue weighted by atomic mass is 32.2. The number of amides is 2. The van der Waals surface area contributed by atoms with Crippen LogP contribution in [0.1, 0.15) is 18.9 Å². The molecule has 3 N–H and O–H groups in total. The maximum Gasteiger partial charge on any atom is 0.315 e. The molecule has 0 radical (unpaired) electrons. The van der Waals surface area contributed by atoms with Gasteiger partial charge in [-0.1, -0.05) is 30.3 Å². The maximum atomic E-state index is 11.6. The van der Waals surface area contributed by atoms with Crippen molar-refractivity contribution in [1.82, 2.24) is 15.4 Å². The van der Waals surface area contributed by atoms with E-state index in [0.717, 1.165) is 19.1 Å². The smallest absolute Gasteiger partial charge is 0.315 e. The lowest BCUT2D eigenvalue weighted by Gasteiger charge is -2.14. The second kappa shape index (κ2) is 8.63. The zero-order valence-electron chi connectivity index (χ0n) is 12.4. The minimum absolute atomic E-state index is 0.0491. The molecule has 0 bridgehead atoms. The van der Waals surface area contributed by atoms with Gasteiger partial charge >= 0.3 is 6.03 Å². The zero-order valence-corrected chi connectivity index (χ0v) is 13.2. The average molecular weight is 313 g/mol. The Morgan fingerprint density at radius 2 is 1.86 bits per heavy atom. The highest BCUT2D eigenvalue weighted by molar-refractivity contribution is 7.88. The minimum atomic E-state index is -3.21. The molecule has 0 fully saturated rings. The van der Waals surface area contributed by atoms with Crippen LogP contribution in [0.25, 0.3) is 0 Å². The van der Waals surface area contributed by atoms with E-state index in [1.54, 1.807) is 0 Å². The van der Waals surface area contributed by atoms with E-state index in [1.165, 1.54) is 5.56 Å². The van der Waals surface area contributed by atoms with Crippen LogP contribution >= 0.6 is 0 Å². The third kappa shape index (κ3) is 9.04. The van der Waals surface area contributed by atoms with Gasteiger partial charge in [0.05, 0.1) is 6.26 Å². The monoisotopic (exact) mass is 313 g/mol. The fourth-order valence-electron chi connectivity index (χ4n) is 1.79. The summed E-state index contributed by atoms with van der Waals surface area (Å²) in [5.41, 5.74) is 1.24. The van der Waals surface area contributed by atoms with Crippen molar-refractivity contribution in [1.29, 1.82) is 0 Å². The van der Waals surface area contributed by atoms with Crippen LogP contribution in [0.2, 0.25) is 0 Å². The number of rotatable bonds is 8. The summed E-state index contributed by atoms with van der Waals surface area (Å²) in [7, 11) is -3.21. The Balaban J connectivity index is 2.16. The molecule has 1 rings (SSSR count). The molecule has 7 heteroatoms. The van der Waals surface area contributed by atoms with Crippen molar-refractivity contribution < 1.29 is 13.2 Å². The van der Waals surface area contributed by atoms with Gasteiger partial charge in [-0.2, -0.15) is 0 Å². The Labute approximate surface area is 126 Å². The second-order valence-electron chi connectivity index (χ2n) is 4.99. The van der Waals surface area contributed by atoms with Gasteiger partial charge < -0.3 is 10.6 Å². The second-order valence-corrected chi connectivity index (χ2v) is 6.83. The summed E-state index contributed by atoms with van der Waals surface area (Å²) in [6.45, 7) is 2.38. The van der Waals surface area contributed by atoms with Crippen molar-refractivity contribution >= 4 is 16.1 Å². The third-order valence-electron chi connectivity index (χ3n) is 2.86. The number of nitrogens with one attached hydrogen (secondary N) is 3. The summed E-state index contributed by atoms with van der Waals surface area (Å²) in [5, 5.41) is 5.43. The SMILES string of the molecule is C[C@@H](CCc1ccccc1)NC(=O)NCCNS(C)(=O)=O. The van der Waals surface area contributed by atoms with E-state index in [2.05, 4.69) is 27.5 Å². The van der Waals surface area contributed by atoms with Gasteiger partial charge in [0.15, 0.2) is 0 Å². The first kappa shape index (κ1) is 17.5. The number of carbonyl (C=O) groups is 1. The molecule has 1 aromatic rings. The Bertz CT molecular complexity index is 532. The minimum Gasteiger partial charge on any atom is -0.337 e. The van der Waals surface area contributed by atoms with E-state index in [0.29, 0.717) is 0 Å². The first-order chi connectivity index (χ1) is 9.87. The highest BCUT2D eigenvalue weighted by Crippen LogP contribution is 2.04. The van der Waals surface area contributed by atoms with Crippen LogP contribution < -0.4 is 15.4 Å². The fourth-order valence-corrected chi connectivity index (χ4v) is 2.26. The zero-order chi connectivity index (χ0) is 15.7. The lowest BCUT2D eigenvalue weighted by atomic mass is 10.1.